The number of amides is 1. The second-order valence-electron chi connectivity index (χ2n) is 10.1. The van der Waals surface area contributed by atoms with Gasteiger partial charge in [0.2, 0.25) is 5.91 Å². The summed E-state index contributed by atoms with van der Waals surface area (Å²) in [5.41, 5.74) is 2.28. The normalized spacial score (nSPS) is 19.4. The quantitative estimate of drug-likeness (QED) is 0.215. The Kier molecular flexibility index (Phi) is 19.3. The predicted molar refractivity (Wildman–Crippen MR) is 169 cm³/mol. The van der Waals surface area contributed by atoms with Crippen LogP contribution in [0.1, 0.15) is 85.4 Å². The van der Waals surface area contributed by atoms with E-state index in [1.165, 1.54) is 12.8 Å². The minimum absolute atomic E-state index is 0. The summed E-state index contributed by atoms with van der Waals surface area (Å²) < 4.78 is 0. The first-order valence-electron chi connectivity index (χ1n) is 14.6. The Bertz CT molecular complexity index is 963. The molecule has 1 aromatic rings. The summed E-state index contributed by atoms with van der Waals surface area (Å²) in [5, 5.41) is 8.55. The van der Waals surface area contributed by atoms with E-state index in [0.29, 0.717) is 11.8 Å². The molecule has 9 heteroatoms. The number of aryl methyl sites for hydroxylation is 1. The van der Waals surface area contributed by atoms with Crippen LogP contribution in [-0.2, 0) is 25.2 Å². The summed E-state index contributed by atoms with van der Waals surface area (Å²) in [6.07, 6.45) is 4.20. The number of aliphatic imine (C=N–C) groups is 2. The Morgan fingerprint density at radius 3 is 2.40 bits per heavy atom. The maximum atomic E-state index is 11.3. The standard InChI is InChI=1S/C27H41ClN6O.2C2H6.Re/c1-18-12-25(28)9-10-26(18)20(3)31-21(4)32-27(13-29-6)34-16-24(17-34)23-8-7-11-33(15-23)14-19(2)30-22(5)35;2*1-2;/h9-10,12-13,19-20,23-24H,6-8,11,14-17H2,1-5H3,(H2,30,31,32,35);2*1-2H3;/p-1/b27-13+;;;. The van der Waals surface area contributed by atoms with E-state index < -0.39 is 0 Å². The van der Waals surface area contributed by atoms with Crippen molar-refractivity contribution in [2.24, 2.45) is 21.8 Å². The summed E-state index contributed by atoms with van der Waals surface area (Å²) in [5.74, 6) is 2.90. The third kappa shape index (κ3) is 12.4. The van der Waals surface area contributed by atoms with E-state index in [2.05, 4.69) is 47.6 Å². The average Bonchev–Trinajstić information content (AvgIpc) is 2.85. The Morgan fingerprint density at radius 2 is 1.82 bits per heavy atom. The van der Waals surface area contributed by atoms with Crippen LogP contribution in [0.5, 0.6) is 0 Å². The molecule has 2 saturated heterocycles. The van der Waals surface area contributed by atoms with E-state index in [9.17, 15) is 4.79 Å². The van der Waals surface area contributed by atoms with Crippen LogP contribution in [0.15, 0.2) is 40.2 Å². The first-order valence-corrected chi connectivity index (χ1v) is 15.0. The molecule has 227 valence electrons. The Balaban J connectivity index is 0.00000291. The molecule has 2 aliphatic heterocycles. The number of piperidine rings is 1. The van der Waals surface area contributed by atoms with Gasteiger partial charge in [0.15, 0.2) is 0 Å². The molecule has 0 aliphatic carbocycles. The van der Waals surface area contributed by atoms with Crippen LogP contribution in [0.3, 0.4) is 0 Å². The van der Waals surface area contributed by atoms with Gasteiger partial charge in [-0.25, -0.2) is 0 Å². The zero-order valence-electron chi connectivity index (χ0n) is 26.2. The minimum atomic E-state index is -0.00815. The van der Waals surface area contributed by atoms with Crippen LogP contribution >= 0.6 is 11.6 Å². The molecule has 3 unspecified atom stereocenters. The second-order valence-corrected chi connectivity index (χ2v) is 10.5. The van der Waals surface area contributed by atoms with Gasteiger partial charge in [0.1, 0.15) is 0 Å². The number of likely N-dealkylation sites (tertiary alicyclic amines) is 2. The predicted octanol–water partition coefficient (Wildman–Crippen LogP) is 7.22. The molecule has 1 amide bonds. The van der Waals surface area contributed by atoms with Gasteiger partial charge in [-0.3, -0.25) is 9.79 Å². The van der Waals surface area contributed by atoms with E-state index >= 15 is 0 Å². The van der Waals surface area contributed by atoms with Crippen molar-refractivity contribution >= 4 is 30.1 Å². The molecule has 7 nitrogen and oxygen atoms in total. The third-order valence-corrected chi connectivity index (χ3v) is 7.20. The molecular formula is C31H52ClN6ORe-. The van der Waals surface area contributed by atoms with Gasteiger partial charge in [0, 0.05) is 76.6 Å². The van der Waals surface area contributed by atoms with Gasteiger partial charge in [-0.2, -0.15) is 0 Å². The Labute approximate surface area is 263 Å². The number of carbonyl (C=O) groups is 1. The molecule has 40 heavy (non-hydrogen) atoms. The molecular weight excluding hydrogens is 694 g/mol. The maximum absolute atomic E-state index is 11.3. The molecule has 1 radical (unpaired) electrons. The van der Waals surface area contributed by atoms with Crippen molar-refractivity contribution in [1.82, 2.24) is 15.1 Å². The fraction of sp³-hybridized carbons (Fsp3) is 0.645. The van der Waals surface area contributed by atoms with Crippen molar-refractivity contribution < 1.29 is 25.2 Å². The van der Waals surface area contributed by atoms with E-state index in [-0.39, 0.29) is 38.4 Å². The van der Waals surface area contributed by atoms with Gasteiger partial charge in [-0.1, -0.05) is 58.1 Å². The van der Waals surface area contributed by atoms with Gasteiger partial charge >= 0.3 is 0 Å². The van der Waals surface area contributed by atoms with Crippen molar-refractivity contribution in [3.8, 4) is 0 Å². The van der Waals surface area contributed by atoms with Gasteiger partial charge in [-0.15, -0.1) is 0 Å². The topological polar surface area (TPSA) is 74.4 Å². The molecule has 0 bridgehead atoms. The summed E-state index contributed by atoms with van der Waals surface area (Å²) in [7, 11) is 0. The van der Waals surface area contributed by atoms with E-state index in [1.807, 2.05) is 52.8 Å². The number of hydrogen-bond acceptors (Lipinski definition) is 5. The number of amidine groups is 1. The van der Waals surface area contributed by atoms with Crippen LogP contribution < -0.4 is 5.32 Å². The van der Waals surface area contributed by atoms with Crippen LogP contribution in [0.2, 0.25) is 5.02 Å². The van der Waals surface area contributed by atoms with Crippen molar-refractivity contribution in [3.63, 3.8) is 0 Å². The SMILES string of the molecule is C=N/C=C(\N=C(/C)[N-]C(C)c1ccc(Cl)cc1C)N1CC(C2CCCN(CC(C)NC(C)=O)C2)C1.CC.CC.[Re]. The van der Waals surface area contributed by atoms with Crippen molar-refractivity contribution in [2.75, 3.05) is 32.7 Å². The van der Waals surface area contributed by atoms with Crippen LogP contribution in [0, 0.1) is 18.8 Å². The molecule has 3 atom stereocenters. The molecule has 2 aliphatic rings. The number of benzene rings is 1. The summed E-state index contributed by atoms with van der Waals surface area (Å²) in [4.78, 5) is 24.9. The zero-order valence-corrected chi connectivity index (χ0v) is 29.6. The molecule has 0 spiro atoms. The zero-order chi connectivity index (χ0) is 29.5. The number of halogens is 1. The number of hydrogen-bond donors (Lipinski definition) is 1. The molecule has 1 N–H and O–H groups in total. The largest absolute Gasteiger partial charge is 0.462 e. The molecule has 1 aromatic carbocycles. The number of nitrogens with zero attached hydrogens (tertiary/aromatic N) is 5. The maximum Gasteiger partial charge on any atom is 0.217 e. The first kappa shape index (κ1) is 38.3. The van der Waals surface area contributed by atoms with Crippen LogP contribution in [0.25, 0.3) is 5.32 Å². The molecule has 0 saturated carbocycles. The fourth-order valence-electron chi connectivity index (χ4n) is 5.33. The second kappa shape index (κ2) is 20.2. The first-order chi connectivity index (χ1) is 18.7. The number of rotatable bonds is 9. The van der Waals surface area contributed by atoms with Gasteiger partial charge in [0.05, 0.1) is 0 Å². The van der Waals surface area contributed by atoms with Gasteiger partial charge in [-0.05, 0) is 88.0 Å². The van der Waals surface area contributed by atoms with E-state index in [1.54, 1.807) is 13.1 Å². The van der Waals surface area contributed by atoms with Crippen molar-refractivity contribution in [3.05, 3.63) is 51.7 Å². The summed E-state index contributed by atoms with van der Waals surface area (Å²) in [6.45, 7) is 26.4. The summed E-state index contributed by atoms with van der Waals surface area (Å²) >= 11 is 6.10. The molecule has 2 fully saturated rings. The number of nitrogens with one attached hydrogen (secondary N) is 1. The smallest absolute Gasteiger partial charge is 0.217 e. The third-order valence-electron chi connectivity index (χ3n) is 6.97. The van der Waals surface area contributed by atoms with Crippen LogP contribution in [0.4, 0.5) is 0 Å². The monoisotopic (exact) mass is 746 g/mol. The minimum Gasteiger partial charge on any atom is -0.462 e. The van der Waals surface area contributed by atoms with Crippen molar-refractivity contribution in [1.29, 1.82) is 0 Å². The van der Waals surface area contributed by atoms with E-state index in [0.717, 1.165) is 60.5 Å². The average molecular weight is 746 g/mol. The van der Waals surface area contributed by atoms with E-state index in [4.69, 9.17) is 21.9 Å². The van der Waals surface area contributed by atoms with Crippen molar-refractivity contribution in [2.45, 2.75) is 87.2 Å². The Morgan fingerprint density at radius 1 is 1.18 bits per heavy atom. The molecule has 3 rings (SSSR count). The van der Waals surface area contributed by atoms with Gasteiger partial charge < -0.3 is 25.4 Å². The number of carbonyl (C=O) groups excluding carboxylic acids is 1. The molecule has 2 heterocycles. The Hall–Kier alpha value is -1.72. The van der Waals surface area contributed by atoms with Crippen LogP contribution in [-0.4, -0.2) is 67.0 Å². The summed E-state index contributed by atoms with van der Waals surface area (Å²) in [6, 6.07) is 6.08. The van der Waals surface area contributed by atoms with Gasteiger partial charge in [0.25, 0.3) is 0 Å². The molecule has 0 aromatic heterocycles. The fourth-order valence-corrected chi connectivity index (χ4v) is 5.56.